The molecule has 2 fully saturated rings. The van der Waals surface area contributed by atoms with Gasteiger partial charge in [-0.15, -0.1) is 0 Å². The maximum absolute atomic E-state index is 2.70. The lowest BCUT2D eigenvalue weighted by Gasteiger charge is -2.52. The van der Waals surface area contributed by atoms with Crippen LogP contribution in [-0.2, 0) is 0 Å². The van der Waals surface area contributed by atoms with Crippen LogP contribution in [0.4, 0.5) is 5.69 Å². The minimum atomic E-state index is 0.302. The molecule has 2 nitrogen and oxygen atoms in total. The van der Waals surface area contributed by atoms with Crippen molar-refractivity contribution in [3.8, 4) is 0 Å². The first kappa shape index (κ1) is 12.0. The summed E-state index contributed by atoms with van der Waals surface area (Å²) < 4.78 is 0. The van der Waals surface area contributed by atoms with E-state index >= 15 is 0 Å². The average molecular weight is 244 g/mol. The molecule has 3 atom stereocenters. The number of rotatable bonds is 1. The maximum atomic E-state index is 2.70. The summed E-state index contributed by atoms with van der Waals surface area (Å²) in [6.45, 7) is 11.9. The van der Waals surface area contributed by atoms with E-state index in [1.54, 1.807) is 0 Å². The molecule has 2 heterocycles. The summed E-state index contributed by atoms with van der Waals surface area (Å²) in [6.07, 6.45) is 0. The molecular weight excluding hydrogens is 220 g/mol. The Kier molecular flexibility index (Phi) is 2.67. The molecule has 98 valence electrons. The van der Waals surface area contributed by atoms with Crippen LogP contribution < -0.4 is 4.90 Å². The highest BCUT2D eigenvalue weighted by Crippen LogP contribution is 2.42. The molecule has 1 aromatic carbocycles. The molecule has 3 rings (SSSR count). The van der Waals surface area contributed by atoms with Gasteiger partial charge in [0.15, 0.2) is 0 Å². The van der Waals surface area contributed by atoms with Crippen molar-refractivity contribution in [2.24, 2.45) is 5.92 Å². The molecule has 0 saturated carbocycles. The molecule has 1 unspecified atom stereocenters. The number of nitrogens with zero attached hydrogens (tertiary/aromatic N) is 2. The van der Waals surface area contributed by atoms with Gasteiger partial charge in [0.2, 0.25) is 0 Å². The fraction of sp³-hybridized carbons (Fsp3) is 0.625. The Morgan fingerprint density at radius 1 is 1.06 bits per heavy atom. The monoisotopic (exact) mass is 244 g/mol. The molecule has 2 aliphatic heterocycles. The van der Waals surface area contributed by atoms with E-state index in [1.165, 1.54) is 18.8 Å². The molecular formula is C16H24N2. The average Bonchev–Trinajstić information content (AvgIpc) is 2.51. The zero-order chi connectivity index (χ0) is 12.9. The van der Waals surface area contributed by atoms with Gasteiger partial charge < -0.3 is 4.90 Å². The Hall–Kier alpha value is -1.02. The van der Waals surface area contributed by atoms with Gasteiger partial charge in [-0.25, -0.2) is 0 Å². The smallest absolute Gasteiger partial charge is 0.0501 e. The van der Waals surface area contributed by atoms with Crippen LogP contribution in [0, 0.1) is 5.92 Å². The number of hydrogen-bond donors (Lipinski definition) is 0. The van der Waals surface area contributed by atoms with Gasteiger partial charge in [-0.1, -0.05) is 25.1 Å². The quantitative estimate of drug-likeness (QED) is 0.749. The lowest BCUT2D eigenvalue weighted by atomic mass is 9.89. The van der Waals surface area contributed by atoms with Crippen LogP contribution in [0.2, 0.25) is 0 Å². The van der Waals surface area contributed by atoms with Gasteiger partial charge in [0, 0.05) is 30.4 Å². The van der Waals surface area contributed by atoms with Gasteiger partial charge >= 0.3 is 0 Å². The Morgan fingerprint density at radius 3 is 2.33 bits per heavy atom. The van der Waals surface area contributed by atoms with Crippen LogP contribution >= 0.6 is 0 Å². The van der Waals surface area contributed by atoms with Crippen molar-refractivity contribution in [3.63, 3.8) is 0 Å². The van der Waals surface area contributed by atoms with E-state index in [4.69, 9.17) is 0 Å². The number of benzene rings is 1. The van der Waals surface area contributed by atoms with Crippen molar-refractivity contribution in [1.82, 2.24) is 4.90 Å². The van der Waals surface area contributed by atoms with Gasteiger partial charge in [0.1, 0.15) is 0 Å². The second-order valence-electron chi connectivity index (χ2n) is 6.85. The molecule has 0 aromatic heterocycles. The van der Waals surface area contributed by atoms with E-state index in [9.17, 15) is 0 Å². The zero-order valence-corrected chi connectivity index (χ0v) is 11.9. The number of anilines is 1. The summed E-state index contributed by atoms with van der Waals surface area (Å²) in [5, 5.41) is 0. The lowest BCUT2D eigenvalue weighted by molar-refractivity contribution is 0.0962. The van der Waals surface area contributed by atoms with Gasteiger partial charge in [-0.2, -0.15) is 0 Å². The standard InChI is InChI=1S/C16H24N2/c1-12-10-18(16(2,3)4)14-11-17(15(12)14)13-8-6-5-7-9-13/h5-9,12,14-15H,10-11H2,1-4H3/t12?,14-,15-/m0/s1. The highest BCUT2D eigenvalue weighted by molar-refractivity contribution is 5.52. The third kappa shape index (κ3) is 1.74. The van der Waals surface area contributed by atoms with Gasteiger partial charge in [0.25, 0.3) is 0 Å². The van der Waals surface area contributed by atoms with Crippen molar-refractivity contribution in [3.05, 3.63) is 30.3 Å². The van der Waals surface area contributed by atoms with Gasteiger partial charge in [0.05, 0.1) is 6.04 Å². The first-order valence-electron chi connectivity index (χ1n) is 7.07. The molecule has 0 spiro atoms. The zero-order valence-electron chi connectivity index (χ0n) is 11.9. The van der Waals surface area contributed by atoms with E-state index in [2.05, 4.69) is 67.8 Å². The summed E-state index contributed by atoms with van der Waals surface area (Å²) >= 11 is 0. The second kappa shape index (κ2) is 3.99. The highest BCUT2D eigenvalue weighted by atomic mass is 15.4. The lowest BCUT2D eigenvalue weighted by Crippen LogP contribution is -2.65. The van der Waals surface area contributed by atoms with E-state index in [1.807, 2.05) is 0 Å². The number of hydrogen-bond acceptors (Lipinski definition) is 2. The molecule has 0 bridgehead atoms. The van der Waals surface area contributed by atoms with E-state index < -0.39 is 0 Å². The van der Waals surface area contributed by atoms with Crippen LogP contribution in [0.1, 0.15) is 27.7 Å². The Morgan fingerprint density at radius 2 is 1.72 bits per heavy atom. The molecule has 0 amide bonds. The third-order valence-electron chi connectivity index (χ3n) is 4.56. The van der Waals surface area contributed by atoms with E-state index in [0.29, 0.717) is 11.6 Å². The minimum Gasteiger partial charge on any atom is -0.365 e. The summed E-state index contributed by atoms with van der Waals surface area (Å²) in [7, 11) is 0. The fourth-order valence-electron chi connectivity index (χ4n) is 3.69. The van der Waals surface area contributed by atoms with Gasteiger partial charge in [-0.05, 0) is 38.8 Å². The molecule has 2 saturated heterocycles. The number of fused-ring (bicyclic) bond motifs is 1. The Labute approximate surface area is 111 Å². The van der Waals surface area contributed by atoms with Crippen LogP contribution in [0.25, 0.3) is 0 Å². The molecule has 2 heteroatoms. The Balaban J connectivity index is 1.80. The molecule has 0 radical (unpaired) electrons. The van der Waals surface area contributed by atoms with Crippen LogP contribution in [-0.4, -0.2) is 35.6 Å². The summed E-state index contributed by atoms with van der Waals surface area (Å²) in [5.74, 6) is 0.767. The van der Waals surface area contributed by atoms with Crippen LogP contribution in [0.3, 0.4) is 0 Å². The molecule has 18 heavy (non-hydrogen) atoms. The molecule has 2 aliphatic rings. The number of para-hydroxylation sites is 1. The summed E-state index contributed by atoms with van der Waals surface area (Å²) in [5.41, 5.74) is 1.69. The van der Waals surface area contributed by atoms with Crippen molar-refractivity contribution >= 4 is 5.69 Å². The predicted molar refractivity (Wildman–Crippen MR) is 77.0 cm³/mol. The summed E-state index contributed by atoms with van der Waals surface area (Å²) in [4.78, 5) is 5.28. The van der Waals surface area contributed by atoms with Crippen LogP contribution in [0.5, 0.6) is 0 Å². The molecule has 1 aromatic rings. The van der Waals surface area contributed by atoms with Crippen molar-refractivity contribution in [2.45, 2.75) is 45.3 Å². The third-order valence-corrected chi connectivity index (χ3v) is 4.56. The summed E-state index contributed by atoms with van der Waals surface area (Å²) in [6, 6.07) is 12.3. The normalized spacial score (nSPS) is 32.2. The van der Waals surface area contributed by atoms with Gasteiger partial charge in [-0.3, -0.25) is 4.90 Å². The van der Waals surface area contributed by atoms with E-state index in [-0.39, 0.29) is 0 Å². The van der Waals surface area contributed by atoms with E-state index in [0.717, 1.165) is 12.0 Å². The first-order valence-corrected chi connectivity index (χ1v) is 7.07. The van der Waals surface area contributed by atoms with Crippen molar-refractivity contribution < 1.29 is 0 Å². The fourth-order valence-corrected chi connectivity index (χ4v) is 3.69. The molecule has 0 aliphatic carbocycles. The molecule has 0 N–H and O–H groups in total. The van der Waals surface area contributed by atoms with Crippen molar-refractivity contribution in [2.75, 3.05) is 18.0 Å². The topological polar surface area (TPSA) is 6.48 Å². The SMILES string of the molecule is CC1CN(C(C)(C)C)[C@H]2CN(c3ccccc3)[C@@H]12. The van der Waals surface area contributed by atoms with Crippen LogP contribution in [0.15, 0.2) is 30.3 Å². The van der Waals surface area contributed by atoms with Crippen molar-refractivity contribution in [1.29, 1.82) is 0 Å². The first-order chi connectivity index (χ1) is 8.48. The predicted octanol–water partition coefficient (Wildman–Crippen LogP) is 2.99. The number of likely N-dealkylation sites (tertiary alicyclic amines) is 1. The second-order valence-corrected chi connectivity index (χ2v) is 6.85. The maximum Gasteiger partial charge on any atom is 0.0501 e. The largest absolute Gasteiger partial charge is 0.365 e. The Bertz CT molecular complexity index is 420. The minimum absolute atomic E-state index is 0.302. The highest BCUT2D eigenvalue weighted by Gasteiger charge is 2.53.